The molecule has 0 N–H and O–H groups in total. The van der Waals surface area contributed by atoms with Crippen molar-refractivity contribution in [3.63, 3.8) is 0 Å². The minimum Gasteiger partial charge on any atom is -0.469 e. The van der Waals surface area contributed by atoms with Gasteiger partial charge in [-0.05, 0) is 50.5 Å². The summed E-state index contributed by atoms with van der Waals surface area (Å²) in [7, 11) is 1.80. The Morgan fingerprint density at radius 3 is 2.25 bits per heavy atom. The van der Waals surface area contributed by atoms with E-state index in [0.717, 1.165) is 12.8 Å². The molecule has 1 aromatic rings. The van der Waals surface area contributed by atoms with Crippen LogP contribution in [0.1, 0.15) is 50.7 Å². The van der Waals surface area contributed by atoms with Gasteiger partial charge in [0.25, 0.3) is 0 Å². The highest BCUT2D eigenvalue weighted by atomic mass is 28.4. The zero-order valence-corrected chi connectivity index (χ0v) is 19.8. The van der Waals surface area contributed by atoms with Crippen LogP contribution in [-0.4, -0.2) is 51.5 Å². The van der Waals surface area contributed by atoms with Crippen LogP contribution in [0.25, 0.3) is 0 Å². The molecule has 3 rings (SSSR count). The summed E-state index contributed by atoms with van der Waals surface area (Å²) < 4.78 is 12.1. The summed E-state index contributed by atoms with van der Waals surface area (Å²) in [6.45, 7) is 13.6. The molecule has 5 atom stereocenters. The topological polar surface area (TPSA) is 38.8 Å². The molecule has 2 aliphatic heterocycles. The molecule has 28 heavy (non-hydrogen) atoms. The number of carbonyl (C=O) groups is 1. The number of ether oxygens (including phenoxy) is 1. The number of aryl methyl sites for hydroxylation is 1. The van der Waals surface area contributed by atoms with Crippen LogP contribution in [0.5, 0.6) is 0 Å². The monoisotopic (exact) mass is 403 g/mol. The Labute approximate surface area is 171 Å². The van der Waals surface area contributed by atoms with E-state index in [2.05, 4.69) is 77.0 Å². The Morgan fingerprint density at radius 1 is 1.11 bits per heavy atom. The van der Waals surface area contributed by atoms with E-state index in [-0.39, 0.29) is 35.0 Å². The van der Waals surface area contributed by atoms with Gasteiger partial charge in [0.15, 0.2) is 8.32 Å². The molecule has 2 saturated heterocycles. The maximum Gasteiger partial charge on any atom is 0.310 e. The Morgan fingerprint density at radius 2 is 1.71 bits per heavy atom. The molecule has 2 fully saturated rings. The molecular formula is C23H37NO3Si. The number of carbonyl (C=O) groups excluding carboxylic acids is 1. The minimum absolute atomic E-state index is 0.0890. The summed E-state index contributed by atoms with van der Waals surface area (Å²) in [4.78, 5) is 15.2. The number of methoxy groups -OCH3 is 1. The fourth-order valence-corrected chi connectivity index (χ4v) is 6.12. The molecule has 0 radical (unpaired) electrons. The number of esters is 1. The van der Waals surface area contributed by atoms with Gasteiger partial charge in [0.05, 0.1) is 19.1 Å². The lowest BCUT2D eigenvalue weighted by Gasteiger charge is -2.43. The summed E-state index contributed by atoms with van der Waals surface area (Å²) in [6, 6.07) is 9.19. The second kappa shape index (κ2) is 7.58. The Hall–Kier alpha value is -1.17. The normalized spacial score (nSPS) is 31.1. The number of likely N-dealkylation sites (N-methyl/N-ethyl adjacent to an activating group) is 1. The fraction of sp³-hybridized carbons (Fsp3) is 0.696. The lowest BCUT2D eigenvalue weighted by atomic mass is 9.76. The van der Waals surface area contributed by atoms with Crippen LogP contribution in [-0.2, 0) is 14.0 Å². The second-order valence-corrected chi connectivity index (χ2v) is 15.0. The van der Waals surface area contributed by atoms with Crippen LogP contribution in [0, 0.1) is 12.8 Å². The van der Waals surface area contributed by atoms with Gasteiger partial charge in [-0.15, -0.1) is 0 Å². The Balaban J connectivity index is 1.92. The van der Waals surface area contributed by atoms with Gasteiger partial charge < -0.3 is 9.16 Å². The fourth-order valence-electron chi connectivity index (χ4n) is 4.76. The Kier molecular flexibility index (Phi) is 5.83. The van der Waals surface area contributed by atoms with Crippen LogP contribution in [0.4, 0.5) is 0 Å². The highest BCUT2D eigenvalue weighted by molar-refractivity contribution is 6.74. The van der Waals surface area contributed by atoms with E-state index in [4.69, 9.17) is 9.16 Å². The maximum atomic E-state index is 12.8. The van der Waals surface area contributed by atoms with Crippen molar-refractivity contribution < 1.29 is 14.0 Å². The van der Waals surface area contributed by atoms with Gasteiger partial charge in [0, 0.05) is 18.0 Å². The van der Waals surface area contributed by atoms with Gasteiger partial charge in [0.2, 0.25) is 0 Å². The van der Waals surface area contributed by atoms with E-state index in [1.807, 2.05) is 0 Å². The smallest absolute Gasteiger partial charge is 0.310 e. The van der Waals surface area contributed by atoms with Crippen molar-refractivity contribution in [2.45, 2.75) is 82.8 Å². The lowest BCUT2D eigenvalue weighted by Crippen LogP contribution is -2.51. The van der Waals surface area contributed by atoms with Crippen molar-refractivity contribution >= 4 is 14.3 Å². The van der Waals surface area contributed by atoms with Gasteiger partial charge in [-0.25, -0.2) is 0 Å². The predicted molar refractivity (Wildman–Crippen MR) is 116 cm³/mol. The number of rotatable bonds is 4. The number of hydrogen-bond donors (Lipinski definition) is 0. The molecule has 0 spiro atoms. The first-order valence-corrected chi connectivity index (χ1v) is 13.4. The third-order valence-corrected chi connectivity index (χ3v) is 12.0. The van der Waals surface area contributed by atoms with Crippen molar-refractivity contribution in [1.29, 1.82) is 0 Å². The van der Waals surface area contributed by atoms with Crippen molar-refractivity contribution in [2.24, 2.45) is 5.92 Å². The number of piperidine rings is 1. The Bertz CT molecular complexity index is 710. The molecule has 156 valence electrons. The summed E-state index contributed by atoms with van der Waals surface area (Å²) in [5, 5.41) is 0.181. The predicted octanol–water partition coefficient (Wildman–Crippen LogP) is 4.73. The summed E-state index contributed by atoms with van der Waals surface area (Å²) in [5.74, 6) is -0.0388. The van der Waals surface area contributed by atoms with Crippen LogP contribution in [0.15, 0.2) is 24.3 Å². The van der Waals surface area contributed by atoms with E-state index in [9.17, 15) is 4.79 Å². The largest absolute Gasteiger partial charge is 0.469 e. The van der Waals surface area contributed by atoms with E-state index >= 15 is 0 Å². The maximum absolute atomic E-state index is 12.8. The molecule has 0 aromatic heterocycles. The number of hydrogen-bond acceptors (Lipinski definition) is 4. The van der Waals surface area contributed by atoms with Crippen LogP contribution >= 0.6 is 0 Å². The van der Waals surface area contributed by atoms with Gasteiger partial charge in [-0.2, -0.15) is 0 Å². The zero-order chi connectivity index (χ0) is 20.9. The standard InChI is InChI=1S/C23H37NO3Si/c1-15-9-11-16(12-10-15)17-13-18-20(27-28(7,8)23(2,3)4)14-19(24(18)5)21(17)22(25)26-6/h9-12,17-21H,13-14H2,1-8H3/t17-,18+,19+,20+,21+/m0/s1. The first-order valence-electron chi connectivity index (χ1n) is 10.5. The van der Waals surface area contributed by atoms with Crippen molar-refractivity contribution in [3.05, 3.63) is 35.4 Å². The average molecular weight is 404 g/mol. The highest BCUT2D eigenvalue weighted by Gasteiger charge is 2.55. The van der Waals surface area contributed by atoms with E-state index in [1.165, 1.54) is 18.2 Å². The summed E-state index contributed by atoms with van der Waals surface area (Å²) in [5.41, 5.74) is 2.49. The minimum atomic E-state index is -1.87. The van der Waals surface area contributed by atoms with E-state index in [1.54, 1.807) is 0 Å². The summed E-state index contributed by atoms with van der Waals surface area (Å²) >= 11 is 0. The number of fused-ring (bicyclic) bond motifs is 2. The van der Waals surface area contributed by atoms with Crippen LogP contribution in [0.3, 0.4) is 0 Å². The summed E-state index contributed by atoms with van der Waals surface area (Å²) in [6.07, 6.45) is 2.05. The molecule has 0 unspecified atom stereocenters. The molecule has 5 heteroatoms. The van der Waals surface area contributed by atoms with Crippen LogP contribution in [0.2, 0.25) is 18.1 Å². The van der Waals surface area contributed by atoms with Gasteiger partial charge in [-0.1, -0.05) is 50.6 Å². The van der Waals surface area contributed by atoms with Crippen molar-refractivity contribution in [1.82, 2.24) is 4.90 Å². The molecule has 0 saturated carbocycles. The molecule has 2 aliphatic rings. The van der Waals surface area contributed by atoms with E-state index in [0.29, 0.717) is 6.04 Å². The van der Waals surface area contributed by atoms with Crippen molar-refractivity contribution in [2.75, 3.05) is 14.2 Å². The molecule has 1 aromatic carbocycles. The first-order chi connectivity index (χ1) is 13.0. The number of benzene rings is 1. The molecule has 2 heterocycles. The molecule has 0 amide bonds. The third-order valence-electron chi connectivity index (χ3n) is 7.52. The second-order valence-electron chi connectivity index (χ2n) is 10.3. The van der Waals surface area contributed by atoms with Gasteiger partial charge in [0.1, 0.15) is 0 Å². The lowest BCUT2D eigenvalue weighted by molar-refractivity contribution is -0.150. The average Bonchev–Trinajstić information content (AvgIpc) is 2.79. The van der Waals surface area contributed by atoms with Gasteiger partial charge in [-0.3, -0.25) is 9.69 Å². The molecule has 4 nitrogen and oxygen atoms in total. The first kappa shape index (κ1) is 21.5. The molecular weight excluding hydrogens is 366 g/mol. The molecule has 0 aliphatic carbocycles. The third kappa shape index (κ3) is 3.81. The van der Waals surface area contributed by atoms with Crippen LogP contribution < -0.4 is 0 Å². The zero-order valence-electron chi connectivity index (χ0n) is 18.8. The SMILES string of the molecule is COC(=O)[C@H]1[C@H]2C[C@@H](O[Si](C)(C)C(C)(C)C)[C@@H](C[C@H]1c1ccc(C)cc1)N2C. The highest BCUT2D eigenvalue weighted by Crippen LogP contribution is 2.49. The quantitative estimate of drug-likeness (QED) is 0.538. The number of nitrogens with zero attached hydrogens (tertiary/aromatic N) is 1. The van der Waals surface area contributed by atoms with E-state index < -0.39 is 8.32 Å². The van der Waals surface area contributed by atoms with Crippen molar-refractivity contribution in [3.8, 4) is 0 Å². The molecule has 2 bridgehead atoms. The van der Waals surface area contributed by atoms with Gasteiger partial charge >= 0.3 is 5.97 Å².